The molecule has 0 aromatic heterocycles. The van der Waals surface area contributed by atoms with Crippen LogP contribution in [0, 0.1) is 13.8 Å². The van der Waals surface area contributed by atoms with Gasteiger partial charge in [-0.1, -0.05) is 12.1 Å². The molecule has 2 aromatic carbocycles. The number of anilines is 3. The van der Waals surface area contributed by atoms with Gasteiger partial charge >= 0.3 is 0 Å². The molecule has 26 heavy (non-hydrogen) atoms. The van der Waals surface area contributed by atoms with Crippen molar-refractivity contribution < 1.29 is 9.53 Å². The lowest BCUT2D eigenvalue weighted by atomic mass is 10.0. The molecule has 0 radical (unpaired) electrons. The molecular formula is C21H27N3O2. The maximum Gasteiger partial charge on any atom is 0.246 e. The number of nitrogens with zero attached hydrogens (tertiary/aromatic N) is 1. The van der Waals surface area contributed by atoms with Gasteiger partial charge in [-0.05, 0) is 70.0 Å². The molecule has 0 aliphatic carbocycles. The van der Waals surface area contributed by atoms with Crippen molar-refractivity contribution in [2.24, 2.45) is 0 Å². The number of nitrogens with one attached hydrogen (secondary N) is 1. The fourth-order valence-corrected chi connectivity index (χ4v) is 3.28. The number of fused-ring (bicyclic) bond motifs is 1. The number of rotatable bonds is 3. The molecular weight excluding hydrogens is 326 g/mol. The van der Waals surface area contributed by atoms with Gasteiger partial charge in [-0.2, -0.15) is 0 Å². The summed E-state index contributed by atoms with van der Waals surface area (Å²) >= 11 is 0. The number of ether oxygens (including phenoxy) is 1. The van der Waals surface area contributed by atoms with Gasteiger partial charge in [0.05, 0.1) is 12.2 Å². The Bertz CT molecular complexity index is 845. The Hall–Kier alpha value is -2.69. The van der Waals surface area contributed by atoms with Crippen molar-refractivity contribution in [3.05, 3.63) is 47.5 Å². The van der Waals surface area contributed by atoms with Crippen LogP contribution in [0.2, 0.25) is 0 Å². The molecule has 0 spiro atoms. The fraction of sp³-hybridized carbons (Fsp3) is 0.381. The zero-order valence-electron chi connectivity index (χ0n) is 16.1. The first kappa shape index (κ1) is 18.1. The fourth-order valence-electron chi connectivity index (χ4n) is 3.28. The van der Waals surface area contributed by atoms with Gasteiger partial charge in [0.2, 0.25) is 5.91 Å². The third kappa shape index (κ3) is 3.47. The number of carbonyl (C=O) groups is 1. The number of nitrogen functional groups attached to an aromatic ring is 1. The molecule has 1 aliphatic heterocycles. The average molecular weight is 353 g/mol. The van der Waals surface area contributed by atoms with Gasteiger partial charge in [0.1, 0.15) is 17.4 Å². The van der Waals surface area contributed by atoms with Gasteiger partial charge in [0, 0.05) is 11.4 Å². The Balaban J connectivity index is 1.89. The minimum Gasteiger partial charge on any atom is -0.484 e. The van der Waals surface area contributed by atoms with Gasteiger partial charge in [-0.15, -0.1) is 0 Å². The Morgan fingerprint density at radius 1 is 1.27 bits per heavy atom. The molecule has 0 saturated heterocycles. The second-order valence-corrected chi connectivity index (χ2v) is 7.63. The van der Waals surface area contributed by atoms with Crippen molar-refractivity contribution >= 4 is 23.0 Å². The van der Waals surface area contributed by atoms with Crippen LogP contribution >= 0.6 is 0 Å². The predicted molar refractivity (Wildman–Crippen MR) is 107 cm³/mol. The lowest BCUT2D eigenvalue weighted by molar-refractivity contribution is -0.117. The lowest BCUT2D eigenvalue weighted by Gasteiger charge is -2.43. The third-order valence-electron chi connectivity index (χ3n) is 4.94. The second-order valence-electron chi connectivity index (χ2n) is 7.63. The number of benzene rings is 2. The topological polar surface area (TPSA) is 67.6 Å². The summed E-state index contributed by atoms with van der Waals surface area (Å²) in [6.45, 7) is 10.6. The van der Waals surface area contributed by atoms with E-state index in [0.717, 1.165) is 28.3 Å². The van der Waals surface area contributed by atoms with Crippen molar-refractivity contribution in [3.63, 3.8) is 0 Å². The van der Waals surface area contributed by atoms with E-state index in [0.29, 0.717) is 12.2 Å². The Labute approximate surface area is 155 Å². The van der Waals surface area contributed by atoms with E-state index < -0.39 is 5.60 Å². The zero-order valence-corrected chi connectivity index (χ0v) is 16.1. The zero-order chi connectivity index (χ0) is 19.1. The quantitative estimate of drug-likeness (QED) is 0.822. The summed E-state index contributed by atoms with van der Waals surface area (Å²) in [5.41, 5.74) is 10.2. The maximum absolute atomic E-state index is 13.0. The number of hydrogen-bond donors (Lipinski definition) is 2. The number of nitrogens with two attached hydrogens (primary N) is 1. The van der Waals surface area contributed by atoms with Crippen LogP contribution in [0.3, 0.4) is 0 Å². The van der Waals surface area contributed by atoms with Crippen LogP contribution in [0.5, 0.6) is 5.75 Å². The highest BCUT2D eigenvalue weighted by Crippen LogP contribution is 2.39. The summed E-state index contributed by atoms with van der Waals surface area (Å²) in [6.07, 6.45) is 0. The van der Waals surface area contributed by atoms with Crippen LogP contribution in [0.15, 0.2) is 36.4 Å². The molecule has 1 amide bonds. The standard InChI is InChI=1S/C21H27N3O2/c1-13-7-6-8-17(14(13)2)23-20(25)15(3)24-12-21(4,5)26-19-10-9-16(22)11-18(19)24/h6-11,15H,12,22H2,1-5H3,(H,23,25). The molecule has 1 unspecified atom stereocenters. The van der Waals surface area contributed by atoms with Crippen LogP contribution in [0.25, 0.3) is 0 Å². The molecule has 138 valence electrons. The second kappa shape index (κ2) is 6.56. The highest BCUT2D eigenvalue weighted by Gasteiger charge is 2.36. The number of amides is 1. The van der Waals surface area contributed by atoms with E-state index in [9.17, 15) is 4.79 Å². The van der Waals surface area contributed by atoms with E-state index in [4.69, 9.17) is 10.5 Å². The van der Waals surface area contributed by atoms with Crippen LogP contribution in [0.1, 0.15) is 31.9 Å². The van der Waals surface area contributed by atoms with Crippen LogP contribution in [0.4, 0.5) is 17.1 Å². The summed E-state index contributed by atoms with van der Waals surface area (Å²) in [5.74, 6) is 0.701. The smallest absolute Gasteiger partial charge is 0.246 e. The Morgan fingerprint density at radius 3 is 2.73 bits per heavy atom. The Morgan fingerprint density at radius 2 is 2.00 bits per heavy atom. The van der Waals surface area contributed by atoms with Crippen molar-refractivity contribution in [2.75, 3.05) is 22.5 Å². The number of hydrogen-bond acceptors (Lipinski definition) is 4. The van der Waals surface area contributed by atoms with E-state index in [2.05, 4.69) is 10.2 Å². The van der Waals surface area contributed by atoms with Crippen molar-refractivity contribution in [1.29, 1.82) is 0 Å². The molecule has 1 aliphatic rings. The first-order valence-electron chi connectivity index (χ1n) is 8.90. The maximum atomic E-state index is 13.0. The normalized spacial score (nSPS) is 16.4. The van der Waals surface area contributed by atoms with E-state index in [-0.39, 0.29) is 11.9 Å². The summed E-state index contributed by atoms with van der Waals surface area (Å²) in [4.78, 5) is 15.0. The molecule has 1 atom stereocenters. The third-order valence-corrected chi connectivity index (χ3v) is 4.94. The molecule has 0 saturated carbocycles. The summed E-state index contributed by atoms with van der Waals surface area (Å²) in [5, 5.41) is 3.07. The number of aryl methyl sites for hydroxylation is 1. The van der Waals surface area contributed by atoms with Crippen LogP contribution < -0.4 is 20.7 Å². The highest BCUT2D eigenvalue weighted by molar-refractivity contribution is 5.97. The first-order valence-corrected chi connectivity index (χ1v) is 8.90. The van der Waals surface area contributed by atoms with E-state index in [1.54, 1.807) is 0 Å². The van der Waals surface area contributed by atoms with Crippen molar-refractivity contribution in [3.8, 4) is 5.75 Å². The van der Waals surface area contributed by atoms with Crippen molar-refractivity contribution in [2.45, 2.75) is 46.3 Å². The average Bonchev–Trinajstić information content (AvgIpc) is 2.57. The molecule has 0 bridgehead atoms. The van der Waals surface area contributed by atoms with Crippen LogP contribution in [-0.2, 0) is 4.79 Å². The lowest BCUT2D eigenvalue weighted by Crippen LogP contribution is -2.53. The minimum absolute atomic E-state index is 0.0511. The largest absolute Gasteiger partial charge is 0.484 e. The van der Waals surface area contributed by atoms with E-state index in [1.807, 2.05) is 71.0 Å². The molecule has 1 heterocycles. The van der Waals surface area contributed by atoms with Gasteiger partial charge in [-0.25, -0.2) is 0 Å². The van der Waals surface area contributed by atoms with Crippen LogP contribution in [-0.4, -0.2) is 24.1 Å². The van der Waals surface area contributed by atoms with Gasteiger partial charge in [-0.3, -0.25) is 4.79 Å². The van der Waals surface area contributed by atoms with E-state index >= 15 is 0 Å². The molecule has 5 heteroatoms. The van der Waals surface area contributed by atoms with Gasteiger partial charge < -0.3 is 20.7 Å². The Kier molecular flexibility index (Phi) is 4.57. The highest BCUT2D eigenvalue weighted by atomic mass is 16.5. The first-order chi connectivity index (χ1) is 12.2. The van der Waals surface area contributed by atoms with Gasteiger partial charge in [0.25, 0.3) is 0 Å². The SMILES string of the molecule is Cc1cccc(NC(=O)C(C)N2CC(C)(C)Oc3ccc(N)cc32)c1C. The molecule has 0 fully saturated rings. The van der Waals surface area contributed by atoms with Gasteiger partial charge in [0.15, 0.2) is 0 Å². The molecule has 3 rings (SSSR count). The van der Waals surface area contributed by atoms with E-state index in [1.165, 1.54) is 0 Å². The minimum atomic E-state index is -0.392. The predicted octanol–water partition coefficient (Wildman–Crippen LogP) is 3.89. The molecule has 5 nitrogen and oxygen atoms in total. The summed E-state index contributed by atoms with van der Waals surface area (Å²) in [7, 11) is 0. The molecule has 3 N–H and O–H groups in total. The summed E-state index contributed by atoms with van der Waals surface area (Å²) in [6, 6.07) is 11.1. The molecule has 2 aromatic rings. The van der Waals surface area contributed by atoms with Crippen molar-refractivity contribution in [1.82, 2.24) is 0 Å². The monoisotopic (exact) mass is 353 g/mol. The number of carbonyl (C=O) groups excluding carboxylic acids is 1. The summed E-state index contributed by atoms with van der Waals surface area (Å²) < 4.78 is 6.06.